The number of hydrogen-bond acceptors (Lipinski definition) is 4. The summed E-state index contributed by atoms with van der Waals surface area (Å²) in [6, 6.07) is 17.8. The van der Waals surface area contributed by atoms with Crippen LogP contribution in [0.1, 0.15) is 5.76 Å². The van der Waals surface area contributed by atoms with E-state index >= 15 is 0 Å². The second kappa shape index (κ2) is 7.32. The molecule has 4 rings (SSSR count). The van der Waals surface area contributed by atoms with Crippen molar-refractivity contribution in [3.05, 3.63) is 97.0 Å². The highest BCUT2D eigenvalue weighted by Gasteiger charge is 2.27. The van der Waals surface area contributed by atoms with Crippen LogP contribution in [0.5, 0.6) is 0 Å². The lowest BCUT2D eigenvalue weighted by molar-refractivity contribution is 0.508. The summed E-state index contributed by atoms with van der Waals surface area (Å²) in [5, 5.41) is 4.17. The second-order valence-electron chi connectivity index (χ2n) is 6.02. The molecule has 0 spiro atoms. The van der Waals surface area contributed by atoms with Crippen molar-refractivity contribution < 1.29 is 17.2 Å². The van der Waals surface area contributed by atoms with E-state index in [0.29, 0.717) is 11.4 Å². The van der Waals surface area contributed by atoms with Gasteiger partial charge in [-0.3, -0.25) is 4.31 Å². The monoisotopic (exact) mass is 397 g/mol. The van der Waals surface area contributed by atoms with Gasteiger partial charge in [-0.05, 0) is 48.5 Å². The van der Waals surface area contributed by atoms with Crippen molar-refractivity contribution in [2.24, 2.45) is 0 Å². The van der Waals surface area contributed by atoms with Crippen LogP contribution in [0.15, 0.2) is 94.7 Å². The summed E-state index contributed by atoms with van der Waals surface area (Å²) in [5.74, 6) is 0.0133. The lowest BCUT2D eigenvalue weighted by atomic mass is 10.3. The van der Waals surface area contributed by atoms with Crippen molar-refractivity contribution in [3.8, 4) is 5.69 Å². The molecule has 4 aromatic rings. The topological polar surface area (TPSA) is 68.3 Å². The van der Waals surface area contributed by atoms with E-state index in [-0.39, 0.29) is 11.4 Å². The molecule has 0 radical (unpaired) electrons. The molecule has 0 unspecified atom stereocenters. The summed E-state index contributed by atoms with van der Waals surface area (Å²) < 4.78 is 48.0. The first kappa shape index (κ1) is 18.0. The van der Waals surface area contributed by atoms with Crippen molar-refractivity contribution in [2.75, 3.05) is 4.31 Å². The lowest BCUT2D eigenvalue weighted by Gasteiger charge is -2.22. The van der Waals surface area contributed by atoms with Crippen LogP contribution in [0.2, 0.25) is 0 Å². The molecule has 28 heavy (non-hydrogen) atoms. The average Bonchev–Trinajstić information content (AvgIpc) is 3.40. The van der Waals surface area contributed by atoms with Crippen molar-refractivity contribution in [3.63, 3.8) is 0 Å². The molecule has 0 saturated carbocycles. The van der Waals surface area contributed by atoms with Gasteiger partial charge < -0.3 is 4.42 Å². The van der Waals surface area contributed by atoms with E-state index < -0.39 is 15.8 Å². The largest absolute Gasteiger partial charge is 0.467 e. The molecule has 0 atom stereocenters. The number of para-hydroxylation sites is 1. The minimum absolute atomic E-state index is 0.0206. The van der Waals surface area contributed by atoms with E-state index in [9.17, 15) is 12.8 Å². The number of nitrogens with zero attached hydrogens (tertiary/aromatic N) is 3. The summed E-state index contributed by atoms with van der Waals surface area (Å²) in [4.78, 5) is 0.0206. The summed E-state index contributed by atoms with van der Waals surface area (Å²) in [7, 11) is -3.96. The molecule has 142 valence electrons. The Balaban J connectivity index is 1.74. The number of sulfonamides is 1. The normalized spacial score (nSPS) is 11.5. The first-order valence-electron chi connectivity index (χ1n) is 8.45. The average molecular weight is 397 g/mol. The highest BCUT2D eigenvalue weighted by molar-refractivity contribution is 7.92. The zero-order valence-electron chi connectivity index (χ0n) is 14.6. The summed E-state index contributed by atoms with van der Waals surface area (Å²) in [6.07, 6.45) is 4.21. The van der Waals surface area contributed by atoms with Gasteiger partial charge >= 0.3 is 0 Å². The van der Waals surface area contributed by atoms with E-state index in [1.165, 1.54) is 47.6 Å². The minimum Gasteiger partial charge on any atom is -0.467 e. The Hall–Kier alpha value is -3.39. The molecule has 0 N–H and O–H groups in total. The standard InChI is InChI=1S/C20H16FN3O3S/c21-16-8-10-18(11-9-16)24(14-19-7-4-12-27-19)28(25,26)20-13-22-23(15-20)17-5-2-1-3-6-17/h1-13,15H,14H2. The molecule has 0 aliphatic rings. The van der Waals surface area contributed by atoms with Gasteiger partial charge in [0.25, 0.3) is 10.0 Å². The number of rotatable bonds is 6. The maximum absolute atomic E-state index is 13.3. The van der Waals surface area contributed by atoms with Crippen LogP contribution >= 0.6 is 0 Å². The fourth-order valence-electron chi connectivity index (χ4n) is 2.76. The van der Waals surface area contributed by atoms with Crippen molar-refractivity contribution >= 4 is 15.7 Å². The van der Waals surface area contributed by atoms with Crippen LogP contribution in [0.4, 0.5) is 10.1 Å². The smallest absolute Gasteiger partial charge is 0.267 e. The quantitative estimate of drug-likeness (QED) is 0.493. The fraction of sp³-hybridized carbons (Fsp3) is 0.0500. The summed E-state index contributed by atoms with van der Waals surface area (Å²) in [5.41, 5.74) is 1.06. The Labute approximate surface area is 161 Å². The van der Waals surface area contributed by atoms with Gasteiger partial charge in [-0.2, -0.15) is 5.10 Å². The Morgan fingerprint density at radius 1 is 1.00 bits per heavy atom. The van der Waals surface area contributed by atoms with Gasteiger partial charge in [-0.25, -0.2) is 17.5 Å². The maximum atomic E-state index is 13.3. The molecule has 0 fully saturated rings. The molecule has 8 heteroatoms. The van der Waals surface area contributed by atoms with E-state index in [2.05, 4.69) is 5.10 Å². The SMILES string of the molecule is O=S(=O)(c1cnn(-c2ccccc2)c1)N(Cc1ccco1)c1ccc(F)cc1. The zero-order valence-corrected chi connectivity index (χ0v) is 15.5. The van der Waals surface area contributed by atoms with Gasteiger partial charge in [-0.1, -0.05) is 18.2 Å². The maximum Gasteiger partial charge on any atom is 0.267 e. The van der Waals surface area contributed by atoms with E-state index in [1.54, 1.807) is 12.1 Å². The first-order chi connectivity index (χ1) is 13.5. The van der Waals surface area contributed by atoms with Crippen LogP contribution in [0, 0.1) is 5.82 Å². The third-order valence-electron chi connectivity index (χ3n) is 4.16. The Morgan fingerprint density at radius 3 is 2.43 bits per heavy atom. The molecule has 0 amide bonds. The molecular weight excluding hydrogens is 381 g/mol. The fourth-order valence-corrected chi connectivity index (χ4v) is 4.12. The zero-order chi connectivity index (χ0) is 19.6. The van der Waals surface area contributed by atoms with Gasteiger partial charge in [0.15, 0.2) is 0 Å². The Bertz CT molecular complexity index is 1160. The van der Waals surface area contributed by atoms with Gasteiger partial charge in [-0.15, -0.1) is 0 Å². The number of benzene rings is 2. The minimum atomic E-state index is -3.96. The van der Waals surface area contributed by atoms with Crippen LogP contribution in [0.3, 0.4) is 0 Å². The highest BCUT2D eigenvalue weighted by atomic mass is 32.2. The predicted octanol–water partition coefficient (Wildman–Crippen LogP) is 4.00. The number of anilines is 1. The first-order valence-corrected chi connectivity index (χ1v) is 9.89. The van der Waals surface area contributed by atoms with E-state index in [1.807, 2.05) is 30.3 Å². The van der Waals surface area contributed by atoms with Crippen molar-refractivity contribution in [1.82, 2.24) is 9.78 Å². The van der Waals surface area contributed by atoms with Crippen molar-refractivity contribution in [2.45, 2.75) is 11.4 Å². The summed E-state index contributed by atoms with van der Waals surface area (Å²) in [6.45, 7) is -0.0303. The lowest BCUT2D eigenvalue weighted by Crippen LogP contribution is -2.30. The van der Waals surface area contributed by atoms with Crippen LogP contribution < -0.4 is 4.31 Å². The van der Waals surface area contributed by atoms with Gasteiger partial charge in [0.1, 0.15) is 16.5 Å². The molecule has 6 nitrogen and oxygen atoms in total. The molecule has 2 aromatic heterocycles. The molecule has 0 bridgehead atoms. The van der Waals surface area contributed by atoms with Crippen LogP contribution in [0.25, 0.3) is 5.69 Å². The number of furan rings is 1. The summed E-state index contributed by atoms with van der Waals surface area (Å²) >= 11 is 0. The van der Waals surface area contributed by atoms with E-state index in [0.717, 1.165) is 9.99 Å². The Morgan fingerprint density at radius 2 is 1.75 bits per heavy atom. The third kappa shape index (κ3) is 3.54. The van der Waals surface area contributed by atoms with Crippen LogP contribution in [-0.2, 0) is 16.6 Å². The Kier molecular flexibility index (Phi) is 4.70. The predicted molar refractivity (Wildman–Crippen MR) is 102 cm³/mol. The molecule has 2 heterocycles. The molecule has 0 saturated heterocycles. The van der Waals surface area contributed by atoms with Gasteiger partial charge in [0.05, 0.1) is 36.6 Å². The number of halogens is 1. The molecule has 0 aliphatic carbocycles. The molecule has 2 aromatic carbocycles. The highest BCUT2D eigenvalue weighted by Crippen LogP contribution is 2.26. The van der Waals surface area contributed by atoms with Crippen molar-refractivity contribution in [1.29, 1.82) is 0 Å². The third-order valence-corrected chi connectivity index (χ3v) is 5.89. The molecule has 0 aliphatic heterocycles. The number of aromatic nitrogens is 2. The second-order valence-corrected chi connectivity index (χ2v) is 7.89. The number of hydrogen-bond donors (Lipinski definition) is 0. The van der Waals surface area contributed by atoms with Gasteiger partial charge in [0.2, 0.25) is 0 Å². The molecular formula is C20H16FN3O3S. The van der Waals surface area contributed by atoms with Crippen LogP contribution in [-0.4, -0.2) is 18.2 Å². The van der Waals surface area contributed by atoms with Gasteiger partial charge in [0, 0.05) is 0 Å². The van der Waals surface area contributed by atoms with E-state index in [4.69, 9.17) is 4.42 Å².